The van der Waals surface area contributed by atoms with E-state index in [2.05, 4.69) is 0 Å². The van der Waals surface area contributed by atoms with E-state index in [9.17, 15) is 13.6 Å². The SMILES string of the molecule is CC1(C)OB(C(CC(=O)O)c2ccc(F)c(F)c2)OC1(C)C. The lowest BCUT2D eigenvalue weighted by molar-refractivity contribution is -0.137. The highest BCUT2D eigenvalue weighted by atomic mass is 19.2. The molecular weight excluding hydrogens is 293 g/mol. The second-order valence-corrected chi connectivity index (χ2v) is 6.50. The largest absolute Gasteiger partial charge is 0.481 e. The first-order valence-corrected chi connectivity index (χ1v) is 7.06. The molecule has 1 aliphatic rings. The smallest absolute Gasteiger partial charge is 0.466 e. The molecule has 1 atom stereocenters. The summed E-state index contributed by atoms with van der Waals surface area (Å²) in [6, 6.07) is 3.33. The molecule has 1 heterocycles. The van der Waals surface area contributed by atoms with Crippen molar-refractivity contribution >= 4 is 13.1 Å². The Bertz CT molecular complexity index is 573. The van der Waals surface area contributed by atoms with Gasteiger partial charge in [0.2, 0.25) is 0 Å². The van der Waals surface area contributed by atoms with Gasteiger partial charge in [0, 0.05) is 5.82 Å². The van der Waals surface area contributed by atoms with Gasteiger partial charge >= 0.3 is 13.1 Å². The number of carboxylic acid groups (broad SMARTS) is 1. The molecule has 2 rings (SSSR count). The van der Waals surface area contributed by atoms with Crippen LogP contribution in [-0.4, -0.2) is 29.4 Å². The van der Waals surface area contributed by atoms with Gasteiger partial charge in [-0.3, -0.25) is 4.79 Å². The maximum absolute atomic E-state index is 13.5. The van der Waals surface area contributed by atoms with Gasteiger partial charge in [-0.05, 0) is 45.4 Å². The van der Waals surface area contributed by atoms with Crippen LogP contribution in [0.4, 0.5) is 8.78 Å². The number of rotatable bonds is 4. The van der Waals surface area contributed by atoms with Crippen molar-refractivity contribution in [2.45, 2.75) is 51.1 Å². The van der Waals surface area contributed by atoms with Crippen LogP contribution < -0.4 is 0 Å². The normalized spacial score (nSPS) is 20.9. The molecule has 0 bridgehead atoms. The topological polar surface area (TPSA) is 55.8 Å². The first-order chi connectivity index (χ1) is 10.0. The summed E-state index contributed by atoms with van der Waals surface area (Å²) in [6.07, 6.45) is -0.304. The van der Waals surface area contributed by atoms with Gasteiger partial charge < -0.3 is 14.4 Å². The van der Waals surface area contributed by atoms with Crippen LogP contribution in [0.1, 0.15) is 45.5 Å². The van der Waals surface area contributed by atoms with Crippen LogP contribution in [0.5, 0.6) is 0 Å². The van der Waals surface area contributed by atoms with E-state index in [4.69, 9.17) is 14.4 Å². The molecule has 1 aliphatic heterocycles. The van der Waals surface area contributed by atoms with E-state index < -0.39 is 41.7 Å². The molecular formula is C15H19BF2O4. The van der Waals surface area contributed by atoms with Crippen LogP contribution in [0.3, 0.4) is 0 Å². The zero-order valence-corrected chi connectivity index (χ0v) is 13.0. The first-order valence-electron chi connectivity index (χ1n) is 7.06. The molecule has 1 aromatic carbocycles. The molecule has 4 nitrogen and oxygen atoms in total. The summed E-state index contributed by atoms with van der Waals surface area (Å²) in [5.74, 6) is -3.80. The molecule has 1 unspecified atom stereocenters. The number of aliphatic carboxylic acids is 1. The highest BCUT2D eigenvalue weighted by molar-refractivity contribution is 6.48. The van der Waals surface area contributed by atoms with E-state index in [0.29, 0.717) is 5.56 Å². The third-order valence-corrected chi connectivity index (χ3v) is 4.37. The Kier molecular flexibility index (Phi) is 4.32. The van der Waals surface area contributed by atoms with Gasteiger partial charge in [0.1, 0.15) is 0 Å². The van der Waals surface area contributed by atoms with Gasteiger partial charge in [0.25, 0.3) is 0 Å². The third kappa shape index (κ3) is 3.15. The van der Waals surface area contributed by atoms with Crippen molar-refractivity contribution in [1.82, 2.24) is 0 Å². The fraction of sp³-hybridized carbons (Fsp3) is 0.533. The fourth-order valence-corrected chi connectivity index (χ4v) is 2.36. The van der Waals surface area contributed by atoms with E-state index in [-0.39, 0.29) is 6.42 Å². The highest BCUT2D eigenvalue weighted by Gasteiger charge is 2.54. The Hall–Kier alpha value is -1.47. The van der Waals surface area contributed by atoms with Crippen molar-refractivity contribution in [3.05, 3.63) is 35.4 Å². The quantitative estimate of drug-likeness (QED) is 0.868. The monoisotopic (exact) mass is 312 g/mol. The average Bonchev–Trinajstić information content (AvgIpc) is 2.59. The number of halogens is 2. The molecule has 0 radical (unpaired) electrons. The van der Waals surface area contributed by atoms with Gasteiger partial charge in [-0.15, -0.1) is 0 Å². The number of hydrogen-bond acceptors (Lipinski definition) is 3. The minimum atomic E-state index is -1.07. The Morgan fingerprint density at radius 1 is 1.18 bits per heavy atom. The number of carbonyl (C=O) groups is 1. The Morgan fingerprint density at radius 3 is 2.18 bits per heavy atom. The van der Waals surface area contributed by atoms with Crippen LogP contribution >= 0.6 is 0 Å². The van der Waals surface area contributed by atoms with Crippen molar-refractivity contribution in [2.75, 3.05) is 0 Å². The predicted octanol–water partition coefficient (Wildman–Crippen LogP) is 3.15. The van der Waals surface area contributed by atoms with Gasteiger partial charge in [0.15, 0.2) is 11.6 Å². The number of carboxylic acids is 1. The molecule has 0 aromatic heterocycles. The highest BCUT2D eigenvalue weighted by Crippen LogP contribution is 2.41. The standard InChI is InChI=1S/C15H19BF2O4/c1-14(2)15(3,4)22-16(21-14)10(8-13(19)20)9-5-6-11(17)12(18)7-9/h5-7,10H,8H2,1-4H3,(H,19,20). The van der Waals surface area contributed by atoms with Crippen LogP contribution in [0.25, 0.3) is 0 Å². The summed E-state index contributed by atoms with van der Waals surface area (Å²) < 4.78 is 38.3. The molecule has 0 aliphatic carbocycles. The third-order valence-electron chi connectivity index (χ3n) is 4.37. The summed E-state index contributed by atoms with van der Waals surface area (Å²) in [7, 11) is -0.842. The zero-order chi connectivity index (χ0) is 16.7. The second kappa shape index (κ2) is 5.63. The molecule has 1 N–H and O–H groups in total. The summed E-state index contributed by atoms with van der Waals surface area (Å²) in [5.41, 5.74) is -0.931. The minimum absolute atomic E-state index is 0.304. The minimum Gasteiger partial charge on any atom is -0.481 e. The molecule has 7 heteroatoms. The summed E-state index contributed by atoms with van der Waals surface area (Å²) in [5, 5.41) is 9.11. The molecule has 1 fully saturated rings. The first kappa shape index (κ1) is 16.9. The lowest BCUT2D eigenvalue weighted by Gasteiger charge is -2.32. The van der Waals surface area contributed by atoms with E-state index >= 15 is 0 Å². The van der Waals surface area contributed by atoms with Crippen molar-refractivity contribution in [2.24, 2.45) is 0 Å². The van der Waals surface area contributed by atoms with E-state index in [1.165, 1.54) is 6.07 Å². The predicted molar refractivity (Wildman–Crippen MR) is 77.4 cm³/mol. The van der Waals surface area contributed by atoms with E-state index in [1.807, 2.05) is 27.7 Å². The Labute approximate surface area is 128 Å². The lowest BCUT2D eigenvalue weighted by Crippen LogP contribution is -2.41. The maximum atomic E-state index is 13.5. The lowest BCUT2D eigenvalue weighted by atomic mass is 9.66. The summed E-state index contributed by atoms with van der Waals surface area (Å²) >= 11 is 0. The van der Waals surface area contributed by atoms with Crippen molar-refractivity contribution in [3.63, 3.8) is 0 Å². The van der Waals surface area contributed by atoms with Crippen LogP contribution in [0.2, 0.25) is 0 Å². The van der Waals surface area contributed by atoms with Crippen LogP contribution in [0.15, 0.2) is 18.2 Å². The molecule has 1 aromatic rings. The molecule has 0 amide bonds. The number of benzene rings is 1. The number of hydrogen-bond donors (Lipinski definition) is 1. The molecule has 120 valence electrons. The van der Waals surface area contributed by atoms with Gasteiger partial charge in [-0.2, -0.15) is 0 Å². The molecule has 0 saturated carbocycles. The summed E-state index contributed by atoms with van der Waals surface area (Å²) in [6.45, 7) is 7.37. The molecule has 1 saturated heterocycles. The van der Waals surface area contributed by atoms with Crippen molar-refractivity contribution < 1.29 is 28.0 Å². The Balaban J connectivity index is 2.35. The zero-order valence-electron chi connectivity index (χ0n) is 13.0. The maximum Gasteiger partial charge on any atom is 0.466 e. The van der Waals surface area contributed by atoms with Gasteiger partial charge in [-0.1, -0.05) is 6.07 Å². The molecule has 22 heavy (non-hydrogen) atoms. The average molecular weight is 312 g/mol. The van der Waals surface area contributed by atoms with Crippen molar-refractivity contribution in [1.29, 1.82) is 0 Å². The van der Waals surface area contributed by atoms with Crippen LogP contribution in [0, 0.1) is 11.6 Å². The fourth-order valence-electron chi connectivity index (χ4n) is 2.36. The van der Waals surface area contributed by atoms with Gasteiger partial charge in [0.05, 0.1) is 17.6 Å². The van der Waals surface area contributed by atoms with Gasteiger partial charge in [-0.25, -0.2) is 8.78 Å². The van der Waals surface area contributed by atoms with E-state index in [1.54, 1.807) is 0 Å². The van der Waals surface area contributed by atoms with E-state index in [0.717, 1.165) is 12.1 Å². The van der Waals surface area contributed by atoms with Crippen molar-refractivity contribution in [3.8, 4) is 0 Å². The Morgan fingerprint density at radius 2 is 1.73 bits per heavy atom. The second-order valence-electron chi connectivity index (χ2n) is 6.50. The summed E-state index contributed by atoms with van der Waals surface area (Å²) in [4.78, 5) is 11.1. The molecule has 0 spiro atoms. The van der Waals surface area contributed by atoms with Crippen LogP contribution in [-0.2, 0) is 14.1 Å².